The SMILES string of the molecule is C[C@H](Nc1cc(N)ncn1)c1nn2cccc2c(=O)n1-c1ccccc1. The predicted octanol–water partition coefficient (Wildman–Crippen LogP) is 2.03. The summed E-state index contributed by atoms with van der Waals surface area (Å²) < 4.78 is 3.20. The molecule has 8 nitrogen and oxygen atoms in total. The van der Waals surface area contributed by atoms with Crippen LogP contribution in [0.25, 0.3) is 11.2 Å². The maximum Gasteiger partial charge on any atom is 0.282 e. The second-order valence-electron chi connectivity index (χ2n) is 5.87. The molecule has 0 spiro atoms. The van der Waals surface area contributed by atoms with Crippen LogP contribution in [0.4, 0.5) is 11.6 Å². The van der Waals surface area contributed by atoms with Crippen molar-refractivity contribution in [2.24, 2.45) is 0 Å². The van der Waals surface area contributed by atoms with Gasteiger partial charge in [-0.05, 0) is 31.2 Å². The summed E-state index contributed by atoms with van der Waals surface area (Å²) in [5.41, 5.74) is 6.84. The third-order valence-corrected chi connectivity index (χ3v) is 4.04. The molecule has 8 heteroatoms. The van der Waals surface area contributed by atoms with Crippen LogP contribution < -0.4 is 16.6 Å². The van der Waals surface area contributed by atoms with Crippen LogP contribution >= 0.6 is 0 Å². The van der Waals surface area contributed by atoms with Crippen LogP contribution in [0.2, 0.25) is 0 Å². The Morgan fingerprint density at radius 2 is 1.92 bits per heavy atom. The molecule has 0 unspecified atom stereocenters. The first kappa shape index (κ1) is 15.8. The van der Waals surface area contributed by atoms with Crippen LogP contribution in [0.15, 0.2) is 65.8 Å². The Bertz CT molecular complexity index is 1120. The fourth-order valence-corrected chi connectivity index (χ4v) is 2.85. The Morgan fingerprint density at radius 3 is 2.69 bits per heavy atom. The molecule has 0 bridgehead atoms. The van der Waals surface area contributed by atoms with Gasteiger partial charge < -0.3 is 11.1 Å². The van der Waals surface area contributed by atoms with E-state index in [1.807, 2.05) is 37.3 Å². The van der Waals surface area contributed by atoms with Crippen molar-refractivity contribution in [1.82, 2.24) is 24.1 Å². The zero-order valence-electron chi connectivity index (χ0n) is 14.1. The number of aromatic nitrogens is 5. The molecule has 3 heterocycles. The summed E-state index contributed by atoms with van der Waals surface area (Å²) in [6.07, 6.45) is 3.14. The highest BCUT2D eigenvalue weighted by atomic mass is 16.1. The minimum atomic E-state index is -0.302. The lowest BCUT2D eigenvalue weighted by atomic mass is 10.2. The summed E-state index contributed by atoms with van der Waals surface area (Å²) in [6, 6.07) is 14.3. The van der Waals surface area contributed by atoms with Gasteiger partial charge in [-0.2, -0.15) is 5.10 Å². The molecule has 3 N–H and O–H groups in total. The van der Waals surface area contributed by atoms with Crippen molar-refractivity contribution in [3.05, 3.63) is 77.2 Å². The fraction of sp³-hybridized carbons (Fsp3) is 0.111. The smallest absolute Gasteiger partial charge is 0.282 e. The minimum Gasteiger partial charge on any atom is -0.384 e. The number of rotatable bonds is 4. The van der Waals surface area contributed by atoms with E-state index in [-0.39, 0.29) is 11.6 Å². The Balaban J connectivity index is 1.86. The number of benzene rings is 1. The minimum absolute atomic E-state index is 0.137. The Hall–Kier alpha value is -3.68. The molecule has 0 aliphatic carbocycles. The van der Waals surface area contributed by atoms with Gasteiger partial charge in [-0.1, -0.05) is 18.2 Å². The quantitative estimate of drug-likeness (QED) is 0.585. The zero-order chi connectivity index (χ0) is 18.1. The summed E-state index contributed by atoms with van der Waals surface area (Å²) in [7, 11) is 0. The van der Waals surface area contributed by atoms with Crippen molar-refractivity contribution in [3.63, 3.8) is 0 Å². The zero-order valence-corrected chi connectivity index (χ0v) is 14.1. The van der Waals surface area contributed by atoms with Crippen LogP contribution in [0.3, 0.4) is 0 Å². The standard InChI is InChI=1S/C18H17N7O/c1-12(22-16-10-15(19)20-11-21-16)17-23-24-9-5-8-14(24)18(26)25(17)13-6-3-2-4-7-13/h2-12H,1H3,(H3,19,20,21,22)/t12-/m0/s1. The lowest BCUT2D eigenvalue weighted by molar-refractivity contribution is 0.672. The molecule has 26 heavy (non-hydrogen) atoms. The molecule has 0 saturated heterocycles. The highest BCUT2D eigenvalue weighted by Gasteiger charge is 2.18. The first-order valence-electron chi connectivity index (χ1n) is 8.13. The van der Waals surface area contributed by atoms with Gasteiger partial charge in [0.25, 0.3) is 5.56 Å². The summed E-state index contributed by atoms with van der Waals surface area (Å²) in [5.74, 6) is 1.48. The molecule has 1 atom stereocenters. The Kier molecular flexibility index (Phi) is 3.85. The number of anilines is 2. The summed E-state index contributed by atoms with van der Waals surface area (Å²) in [4.78, 5) is 21.1. The largest absolute Gasteiger partial charge is 0.384 e. The third kappa shape index (κ3) is 2.77. The van der Waals surface area contributed by atoms with E-state index in [4.69, 9.17) is 5.73 Å². The number of fused-ring (bicyclic) bond motifs is 1. The molecule has 0 aliphatic heterocycles. The van der Waals surface area contributed by atoms with Gasteiger partial charge in [-0.3, -0.25) is 9.36 Å². The number of para-hydroxylation sites is 1. The number of nitrogens with zero attached hydrogens (tertiary/aromatic N) is 5. The van der Waals surface area contributed by atoms with Gasteiger partial charge in [0, 0.05) is 12.3 Å². The molecule has 0 aliphatic rings. The van der Waals surface area contributed by atoms with Crippen molar-refractivity contribution in [3.8, 4) is 5.69 Å². The van der Waals surface area contributed by atoms with Gasteiger partial charge in [-0.25, -0.2) is 14.5 Å². The van der Waals surface area contributed by atoms with Crippen molar-refractivity contribution < 1.29 is 0 Å². The Labute approximate surface area is 149 Å². The average Bonchev–Trinajstić information content (AvgIpc) is 3.11. The van der Waals surface area contributed by atoms with E-state index in [1.165, 1.54) is 6.33 Å². The second-order valence-corrected chi connectivity index (χ2v) is 5.87. The number of hydrogen-bond donors (Lipinski definition) is 2. The van der Waals surface area contributed by atoms with Gasteiger partial charge >= 0.3 is 0 Å². The topological polar surface area (TPSA) is 103 Å². The van der Waals surface area contributed by atoms with Crippen molar-refractivity contribution in [2.75, 3.05) is 11.1 Å². The molecular formula is C18H17N7O. The van der Waals surface area contributed by atoms with Crippen molar-refractivity contribution >= 4 is 17.2 Å². The van der Waals surface area contributed by atoms with E-state index in [9.17, 15) is 4.79 Å². The van der Waals surface area contributed by atoms with Gasteiger partial charge in [0.1, 0.15) is 23.5 Å². The third-order valence-electron chi connectivity index (χ3n) is 4.04. The fourth-order valence-electron chi connectivity index (χ4n) is 2.85. The van der Waals surface area contributed by atoms with E-state index in [0.717, 1.165) is 5.69 Å². The summed E-state index contributed by atoms with van der Waals surface area (Å²) >= 11 is 0. The lowest BCUT2D eigenvalue weighted by Gasteiger charge is -2.19. The van der Waals surface area contributed by atoms with Crippen molar-refractivity contribution in [2.45, 2.75) is 13.0 Å². The van der Waals surface area contributed by atoms with E-state index in [1.54, 1.807) is 33.5 Å². The highest BCUT2D eigenvalue weighted by molar-refractivity contribution is 5.49. The first-order valence-corrected chi connectivity index (χ1v) is 8.13. The summed E-state index contributed by atoms with van der Waals surface area (Å²) in [5, 5.41) is 7.86. The summed E-state index contributed by atoms with van der Waals surface area (Å²) in [6.45, 7) is 1.91. The number of nitrogen functional groups attached to an aromatic ring is 1. The van der Waals surface area contributed by atoms with Gasteiger partial charge in [0.2, 0.25) is 0 Å². The predicted molar refractivity (Wildman–Crippen MR) is 99.3 cm³/mol. The first-order chi connectivity index (χ1) is 12.6. The molecule has 3 aromatic heterocycles. The average molecular weight is 347 g/mol. The van der Waals surface area contributed by atoms with E-state index < -0.39 is 0 Å². The van der Waals surface area contributed by atoms with Gasteiger partial charge in [-0.15, -0.1) is 0 Å². The number of nitrogens with two attached hydrogens (primary N) is 1. The highest BCUT2D eigenvalue weighted by Crippen LogP contribution is 2.19. The second kappa shape index (κ2) is 6.32. The van der Waals surface area contributed by atoms with Crippen LogP contribution in [-0.2, 0) is 0 Å². The maximum atomic E-state index is 13.1. The van der Waals surface area contributed by atoms with Crippen LogP contribution in [-0.4, -0.2) is 24.1 Å². The van der Waals surface area contributed by atoms with E-state index in [0.29, 0.717) is 23.0 Å². The van der Waals surface area contributed by atoms with Gasteiger partial charge in [0.05, 0.1) is 11.7 Å². The molecule has 4 rings (SSSR count). The number of nitrogens with one attached hydrogen (secondary N) is 1. The lowest BCUT2D eigenvalue weighted by Crippen LogP contribution is -2.29. The molecule has 0 radical (unpaired) electrons. The monoisotopic (exact) mass is 347 g/mol. The molecule has 1 aromatic carbocycles. The van der Waals surface area contributed by atoms with Crippen molar-refractivity contribution in [1.29, 1.82) is 0 Å². The molecule has 0 amide bonds. The molecular weight excluding hydrogens is 330 g/mol. The maximum absolute atomic E-state index is 13.1. The van der Waals surface area contributed by atoms with Crippen LogP contribution in [0.5, 0.6) is 0 Å². The van der Waals surface area contributed by atoms with Gasteiger partial charge in [0.15, 0.2) is 5.82 Å². The van der Waals surface area contributed by atoms with Crippen LogP contribution in [0, 0.1) is 0 Å². The molecule has 0 fully saturated rings. The molecule has 4 aromatic rings. The van der Waals surface area contributed by atoms with Crippen LogP contribution in [0.1, 0.15) is 18.8 Å². The van der Waals surface area contributed by atoms with E-state index in [2.05, 4.69) is 20.4 Å². The normalized spacial score (nSPS) is 12.2. The molecule has 0 saturated carbocycles. The number of hydrogen-bond acceptors (Lipinski definition) is 6. The molecule has 130 valence electrons. The Morgan fingerprint density at radius 1 is 1.12 bits per heavy atom. The van der Waals surface area contributed by atoms with E-state index >= 15 is 0 Å².